The molecule has 1 aliphatic rings. The molecule has 1 aromatic heterocycles. The SMILES string of the molecule is OB1CC=C[C@@H](CC/C(=C/c2ccc(O)cc2Cl)c2ccccn2)O1. The van der Waals surface area contributed by atoms with Crippen molar-refractivity contribution in [3.63, 3.8) is 0 Å². The zero-order valence-corrected chi connectivity index (χ0v) is 14.4. The summed E-state index contributed by atoms with van der Waals surface area (Å²) in [5.74, 6) is 0.135. The number of hydrogen-bond acceptors (Lipinski definition) is 4. The summed E-state index contributed by atoms with van der Waals surface area (Å²) in [5, 5.41) is 19.6. The van der Waals surface area contributed by atoms with Crippen molar-refractivity contribution in [2.75, 3.05) is 0 Å². The van der Waals surface area contributed by atoms with E-state index in [-0.39, 0.29) is 11.9 Å². The van der Waals surface area contributed by atoms with Gasteiger partial charge in [-0.25, -0.2) is 0 Å². The topological polar surface area (TPSA) is 62.6 Å². The second-order valence-corrected chi connectivity index (χ2v) is 6.33. The largest absolute Gasteiger partial charge is 0.508 e. The Labute approximate surface area is 152 Å². The third-order valence-electron chi connectivity index (χ3n) is 4.03. The van der Waals surface area contributed by atoms with Gasteiger partial charge in [-0.3, -0.25) is 4.98 Å². The van der Waals surface area contributed by atoms with E-state index in [1.165, 1.54) is 6.07 Å². The van der Waals surface area contributed by atoms with Crippen molar-refractivity contribution in [2.24, 2.45) is 0 Å². The molecule has 0 unspecified atom stereocenters. The fourth-order valence-corrected chi connectivity index (χ4v) is 2.99. The number of rotatable bonds is 5. The van der Waals surface area contributed by atoms with E-state index >= 15 is 0 Å². The third-order valence-corrected chi connectivity index (χ3v) is 4.35. The van der Waals surface area contributed by atoms with E-state index in [2.05, 4.69) is 4.98 Å². The maximum absolute atomic E-state index is 9.62. The smallest absolute Gasteiger partial charge is 0.458 e. The zero-order chi connectivity index (χ0) is 17.6. The van der Waals surface area contributed by atoms with E-state index in [4.69, 9.17) is 16.3 Å². The van der Waals surface area contributed by atoms with E-state index in [9.17, 15) is 10.1 Å². The summed E-state index contributed by atoms with van der Waals surface area (Å²) in [4.78, 5) is 4.43. The van der Waals surface area contributed by atoms with Crippen LogP contribution in [0.3, 0.4) is 0 Å². The van der Waals surface area contributed by atoms with Crippen molar-refractivity contribution in [1.29, 1.82) is 0 Å². The van der Waals surface area contributed by atoms with Crippen LogP contribution in [0.25, 0.3) is 11.6 Å². The first-order valence-electron chi connectivity index (χ1n) is 8.22. The van der Waals surface area contributed by atoms with Gasteiger partial charge in [-0.15, -0.1) is 0 Å². The number of allylic oxidation sites excluding steroid dienone is 2. The van der Waals surface area contributed by atoms with Crippen LogP contribution < -0.4 is 0 Å². The summed E-state index contributed by atoms with van der Waals surface area (Å²) >= 11 is 6.24. The van der Waals surface area contributed by atoms with Gasteiger partial charge >= 0.3 is 7.12 Å². The van der Waals surface area contributed by atoms with Crippen molar-refractivity contribution < 1.29 is 14.8 Å². The molecule has 0 bridgehead atoms. The lowest BCUT2D eigenvalue weighted by Crippen LogP contribution is -2.27. The molecule has 0 spiro atoms. The van der Waals surface area contributed by atoms with Crippen LogP contribution in [0, 0.1) is 0 Å². The fraction of sp³-hybridized carbons (Fsp3) is 0.211. The van der Waals surface area contributed by atoms with Crippen LogP contribution in [0.15, 0.2) is 54.7 Å². The Hall–Kier alpha value is -2.08. The highest BCUT2D eigenvalue weighted by molar-refractivity contribution is 6.43. The molecule has 0 saturated heterocycles. The Morgan fingerprint density at radius 2 is 2.24 bits per heavy atom. The zero-order valence-electron chi connectivity index (χ0n) is 13.7. The monoisotopic (exact) mass is 355 g/mol. The number of nitrogens with zero attached hydrogens (tertiary/aromatic N) is 1. The van der Waals surface area contributed by atoms with E-state index in [1.54, 1.807) is 18.3 Å². The average molecular weight is 356 g/mol. The van der Waals surface area contributed by atoms with Crippen LogP contribution in [-0.4, -0.2) is 28.3 Å². The molecule has 0 amide bonds. The molecule has 2 N–H and O–H groups in total. The summed E-state index contributed by atoms with van der Waals surface area (Å²) in [6, 6.07) is 10.7. The lowest BCUT2D eigenvalue weighted by molar-refractivity contribution is 0.193. The lowest BCUT2D eigenvalue weighted by Gasteiger charge is -2.20. The summed E-state index contributed by atoms with van der Waals surface area (Å²) in [7, 11) is -0.733. The molecule has 2 heterocycles. The minimum absolute atomic E-state index is 0.119. The molecule has 0 fully saturated rings. The molecule has 128 valence electrons. The quantitative estimate of drug-likeness (QED) is 0.623. The summed E-state index contributed by atoms with van der Waals surface area (Å²) < 4.78 is 5.52. The molecule has 1 aromatic carbocycles. The number of halogens is 1. The van der Waals surface area contributed by atoms with Gasteiger partial charge in [-0.05, 0) is 60.4 Å². The first-order chi connectivity index (χ1) is 12.1. The van der Waals surface area contributed by atoms with Crippen LogP contribution in [0.2, 0.25) is 11.3 Å². The molecule has 0 radical (unpaired) electrons. The number of benzene rings is 1. The van der Waals surface area contributed by atoms with Gasteiger partial charge in [0.1, 0.15) is 5.75 Å². The van der Waals surface area contributed by atoms with Crippen molar-refractivity contribution >= 4 is 30.4 Å². The summed E-state index contributed by atoms with van der Waals surface area (Å²) in [5.41, 5.74) is 2.71. The van der Waals surface area contributed by atoms with Crippen LogP contribution in [0.5, 0.6) is 5.75 Å². The molecule has 1 atom stereocenters. The molecule has 2 aromatic rings. The van der Waals surface area contributed by atoms with E-state index in [0.29, 0.717) is 11.3 Å². The van der Waals surface area contributed by atoms with E-state index in [1.807, 2.05) is 36.4 Å². The first kappa shape index (κ1) is 17.7. The number of phenols is 1. The molecule has 6 heteroatoms. The van der Waals surface area contributed by atoms with Crippen LogP contribution >= 0.6 is 11.6 Å². The van der Waals surface area contributed by atoms with E-state index in [0.717, 1.165) is 29.7 Å². The number of aromatic hydroxyl groups is 1. The van der Waals surface area contributed by atoms with Crippen molar-refractivity contribution in [1.82, 2.24) is 4.98 Å². The number of aromatic nitrogens is 1. The standard InChI is InChI=1S/C19H19BClNO3/c21-18-13-16(23)8-6-14(18)12-15(19-5-1-2-11-22-19)7-9-17-4-3-10-20(24)25-17/h1-6,8,11-13,17,23-24H,7,9-10H2/b15-12-/t17-/m0/s1. The highest BCUT2D eigenvalue weighted by atomic mass is 35.5. The predicted octanol–water partition coefficient (Wildman–Crippen LogP) is 4.20. The Kier molecular flexibility index (Phi) is 5.92. The Bertz CT molecular complexity index is 779. The Morgan fingerprint density at radius 3 is 2.96 bits per heavy atom. The minimum Gasteiger partial charge on any atom is -0.508 e. The first-order valence-corrected chi connectivity index (χ1v) is 8.60. The van der Waals surface area contributed by atoms with Crippen LogP contribution in [0.1, 0.15) is 24.1 Å². The fourth-order valence-electron chi connectivity index (χ4n) is 2.76. The molecule has 0 saturated carbocycles. The molecule has 0 aliphatic carbocycles. The van der Waals surface area contributed by atoms with Crippen molar-refractivity contribution in [3.05, 3.63) is 71.0 Å². The second-order valence-electron chi connectivity index (χ2n) is 5.92. The van der Waals surface area contributed by atoms with Gasteiger partial charge in [0.15, 0.2) is 0 Å². The lowest BCUT2D eigenvalue weighted by atomic mass is 9.82. The maximum atomic E-state index is 9.62. The number of pyridine rings is 1. The Morgan fingerprint density at radius 1 is 1.36 bits per heavy atom. The average Bonchev–Trinajstić information content (AvgIpc) is 2.61. The van der Waals surface area contributed by atoms with Gasteiger partial charge in [0.2, 0.25) is 0 Å². The molecule has 1 aliphatic heterocycles. The molecular formula is C19H19BClNO3. The van der Waals surface area contributed by atoms with Gasteiger partial charge in [0.25, 0.3) is 0 Å². The molecule has 3 rings (SSSR count). The summed E-state index contributed by atoms with van der Waals surface area (Å²) in [6.45, 7) is 0. The third kappa shape index (κ3) is 4.95. The highest BCUT2D eigenvalue weighted by Crippen LogP contribution is 2.29. The highest BCUT2D eigenvalue weighted by Gasteiger charge is 2.21. The van der Waals surface area contributed by atoms with Gasteiger partial charge in [-0.1, -0.05) is 29.8 Å². The normalized spacial score (nSPS) is 17.8. The summed E-state index contributed by atoms with van der Waals surface area (Å²) in [6.07, 6.45) is 9.52. The van der Waals surface area contributed by atoms with Crippen molar-refractivity contribution in [3.8, 4) is 5.75 Å². The minimum atomic E-state index is -0.733. The van der Waals surface area contributed by atoms with Crippen LogP contribution in [0.4, 0.5) is 0 Å². The maximum Gasteiger partial charge on any atom is 0.458 e. The molecular weight excluding hydrogens is 336 g/mol. The predicted molar refractivity (Wildman–Crippen MR) is 101 cm³/mol. The van der Waals surface area contributed by atoms with Crippen LogP contribution in [-0.2, 0) is 4.65 Å². The molecule has 4 nitrogen and oxygen atoms in total. The molecule has 25 heavy (non-hydrogen) atoms. The second kappa shape index (κ2) is 8.34. The van der Waals surface area contributed by atoms with E-state index < -0.39 is 7.12 Å². The number of phenolic OH excluding ortho intramolecular Hbond substituents is 1. The van der Waals surface area contributed by atoms with Gasteiger partial charge in [0.05, 0.1) is 16.8 Å². The van der Waals surface area contributed by atoms with Crippen molar-refractivity contribution in [2.45, 2.75) is 25.3 Å². The Balaban J connectivity index is 1.84. The van der Waals surface area contributed by atoms with Gasteiger partial charge < -0.3 is 14.8 Å². The van der Waals surface area contributed by atoms with Gasteiger partial charge in [-0.2, -0.15) is 0 Å². The number of hydrogen-bond donors (Lipinski definition) is 2. The van der Waals surface area contributed by atoms with Gasteiger partial charge in [0, 0.05) is 12.5 Å².